The quantitative estimate of drug-likeness (QED) is 0.140. The topological polar surface area (TPSA) is 113 Å². The highest BCUT2D eigenvalue weighted by molar-refractivity contribution is 6.26. The second kappa shape index (κ2) is 19.7. The van der Waals surface area contributed by atoms with Crippen molar-refractivity contribution in [3.63, 3.8) is 0 Å². The fraction of sp³-hybridized carbons (Fsp3) is 0. The van der Waals surface area contributed by atoms with Crippen molar-refractivity contribution in [2.45, 2.75) is 0 Å². The summed E-state index contributed by atoms with van der Waals surface area (Å²) in [7, 11) is 0. The number of rotatable bonds is 9. The van der Waals surface area contributed by atoms with Crippen LogP contribution in [0.15, 0.2) is 288 Å². The van der Waals surface area contributed by atoms with Gasteiger partial charge in [0, 0.05) is 65.3 Å². The largest absolute Gasteiger partial charge is 0.454 e. The normalized spacial score (nSPS) is 11.9. The van der Waals surface area contributed by atoms with E-state index in [-0.39, 0.29) is 0 Å². The van der Waals surface area contributed by atoms with E-state index in [1.165, 1.54) is 0 Å². The summed E-state index contributed by atoms with van der Waals surface area (Å²) in [5.41, 5.74) is 16.7. The number of hydrogen-bond acceptors (Lipinski definition) is 8. The smallest absolute Gasteiger partial charge is 0.238 e. The molecule has 0 fully saturated rings. The predicted molar refractivity (Wildman–Crippen MR) is 354 cm³/mol. The zero-order valence-corrected chi connectivity index (χ0v) is 47.0. The SMILES string of the molecule is c1ccc(-c2ccc(-c3nc(-c4ccccc4)nc(-n4c5ccccc5c5c(-c6ccc(-c7cccc(-c8nc(-c9ccccc9)nc(-n9c%10ccccc%10c%10ccc%11c%12ccccc%12oc%11c%109)n8)c7)cc6)cc6c7ccccc7oc6c54)n3)cc2)cc1. The molecule has 10 nitrogen and oxygen atoms in total. The average molecular weight is 1130 g/mol. The zero-order chi connectivity index (χ0) is 57.8. The van der Waals surface area contributed by atoms with Gasteiger partial charge in [-0.1, -0.05) is 237 Å². The molecule has 10 heteroatoms. The summed E-state index contributed by atoms with van der Waals surface area (Å²) in [4.78, 5) is 31.7. The Kier molecular flexibility index (Phi) is 11.1. The van der Waals surface area contributed by atoms with Crippen LogP contribution in [0.2, 0.25) is 0 Å². The van der Waals surface area contributed by atoms with Crippen LogP contribution >= 0.6 is 0 Å². The molecule has 18 rings (SSSR count). The minimum atomic E-state index is 0.482. The molecule has 0 N–H and O–H groups in total. The van der Waals surface area contributed by atoms with Crippen molar-refractivity contribution in [3.05, 3.63) is 279 Å². The maximum absolute atomic E-state index is 6.97. The number of nitrogens with zero attached hydrogens (tertiary/aromatic N) is 8. The van der Waals surface area contributed by atoms with E-state index in [4.69, 9.17) is 38.7 Å². The first-order valence-electron chi connectivity index (χ1n) is 29.3. The second-order valence-electron chi connectivity index (χ2n) is 22.2. The summed E-state index contributed by atoms with van der Waals surface area (Å²) in [5, 5.41) is 8.29. The van der Waals surface area contributed by atoms with Crippen LogP contribution in [0.3, 0.4) is 0 Å². The van der Waals surface area contributed by atoms with Crippen LogP contribution < -0.4 is 0 Å². The van der Waals surface area contributed by atoms with Gasteiger partial charge in [0.25, 0.3) is 0 Å². The molecular weight excluding hydrogens is 1080 g/mol. The van der Waals surface area contributed by atoms with E-state index >= 15 is 0 Å². The van der Waals surface area contributed by atoms with Crippen molar-refractivity contribution < 1.29 is 8.83 Å². The van der Waals surface area contributed by atoms with Gasteiger partial charge in [-0.15, -0.1) is 0 Å². The Bertz CT molecular complexity index is 5790. The van der Waals surface area contributed by atoms with Gasteiger partial charge in [0.2, 0.25) is 11.9 Å². The lowest BCUT2D eigenvalue weighted by atomic mass is 9.94. The number of para-hydroxylation sites is 4. The molecule has 410 valence electrons. The van der Waals surface area contributed by atoms with Crippen LogP contribution in [0, 0.1) is 0 Å². The lowest BCUT2D eigenvalue weighted by molar-refractivity contribution is 0.670. The predicted octanol–water partition coefficient (Wildman–Crippen LogP) is 19.7. The maximum atomic E-state index is 6.97. The summed E-state index contributed by atoms with van der Waals surface area (Å²) in [5.74, 6) is 3.22. The zero-order valence-electron chi connectivity index (χ0n) is 47.0. The molecule has 0 saturated heterocycles. The molecule has 6 aromatic heterocycles. The molecule has 0 spiro atoms. The minimum absolute atomic E-state index is 0.482. The van der Waals surface area contributed by atoms with Crippen LogP contribution in [-0.4, -0.2) is 39.0 Å². The van der Waals surface area contributed by atoms with Gasteiger partial charge in [-0.2, -0.15) is 19.9 Å². The molecule has 0 amide bonds. The van der Waals surface area contributed by atoms with Crippen LogP contribution in [-0.2, 0) is 0 Å². The molecule has 0 aliphatic carbocycles. The number of fused-ring (bicyclic) bond motifs is 14. The van der Waals surface area contributed by atoms with E-state index in [1.54, 1.807) is 0 Å². The summed E-state index contributed by atoms with van der Waals surface area (Å²) in [6.07, 6.45) is 0. The van der Waals surface area contributed by atoms with Crippen molar-refractivity contribution >= 4 is 87.5 Å². The molecule has 88 heavy (non-hydrogen) atoms. The number of furan rings is 2. The van der Waals surface area contributed by atoms with Crippen LogP contribution in [0.1, 0.15) is 0 Å². The van der Waals surface area contributed by atoms with Gasteiger partial charge < -0.3 is 8.83 Å². The van der Waals surface area contributed by atoms with E-state index < -0.39 is 0 Å². The third-order valence-electron chi connectivity index (χ3n) is 17.1. The fourth-order valence-electron chi connectivity index (χ4n) is 12.9. The molecule has 6 heterocycles. The van der Waals surface area contributed by atoms with E-state index in [0.717, 1.165) is 143 Å². The lowest BCUT2D eigenvalue weighted by Crippen LogP contribution is -2.06. The van der Waals surface area contributed by atoms with Gasteiger partial charge in [-0.3, -0.25) is 9.13 Å². The van der Waals surface area contributed by atoms with E-state index in [0.29, 0.717) is 35.2 Å². The standard InChI is InChI=1S/C78H46N8O2/c1-4-19-47(20-5-1)48-37-41-53(42-38-48)75-79-73(51-21-6-2-7-22-51)82-78(83-75)86-65-32-15-11-30-61(65)68-62(46-63-58-29-13-17-34-67(58)88-72(63)70(68)86)50-39-35-49(36-40-50)54-25-18-26-55(45-54)76-80-74(52-23-8-3-9-24-52)81-77(84-76)85-64-31-14-10-27-56(64)59-43-44-60-57-28-12-16-33-66(57)87-71(60)69(59)85/h1-46H. The Morgan fingerprint density at radius 3 is 1.25 bits per heavy atom. The molecule has 0 bridgehead atoms. The van der Waals surface area contributed by atoms with Gasteiger partial charge in [0.1, 0.15) is 22.2 Å². The number of benzene rings is 12. The van der Waals surface area contributed by atoms with Crippen LogP contribution in [0.25, 0.3) is 178 Å². The van der Waals surface area contributed by atoms with Crippen LogP contribution in [0.4, 0.5) is 0 Å². The van der Waals surface area contributed by atoms with Crippen molar-refractivity contribution in [1.82, 2.24) is 39.0 Å². The van der Waals surface area contributed by atoms with Crippen molar-refractivity contribution in [1.29, 1.82) is 0 Å². The van der Waals surface area contributed by atoms with E-state index in [9.17, 15) is 0 Å². The monoisotopic (exact) mass is 1130 g/mol. The highest BCUT2D eigenvalue weighted by Crippen LogP contribution is 2.46. The third-order valence-corrected chi connectivity index (χ3v) is 17.1. The second-order valence-corrected chi connectivity index (χ2v) is 22.2. The highest BCUT2D eigenvalue weighted by Gasteiger charge is 2.27. The first kappa shape index (κ1) is 49.3. The molecule has 0 radical (unpaired) electrons. The third kappa shape index (κ3) is 7.89. The summed E-state index contributed by atoms with van der Waals surface area (Å²) < 4.78 is 18.0. The molecular formula is C78H46N8O2. The van der Waals surface area contributed by atoms with Crippen LogP contribution in [0.5, 0.6) is 0 Å². The summed E-state index contributed by atoms with van der Waals surface area (Å²) in [6.45, 7) is 0. The Morgan fingerprint density at radius 1 is 0.239 bits per heavy atom. The van der Waals surface area contributed by atoms with Crippen molar-refractivity contribution in [2.24, 2.45) is 0 Å². The van der Waals surface area contributed by atoms with E-state index in [1.807, 2.05) is 91.0 Å². The Labute approximate surface area is 502 Å². The molecule has 12 aromatic carbocycles. The number of hydrogen-bond donors (Lipinski definition) is 0. The molecule has 18 aromatic rings. The number of aromatic nitrogens is 8. The van der Waals surface area contributed by atoms with Gasteiger partial charge in [0.05, 0.1) is 11.0 Å². The van der Waals surface area contributed by atoms with Gasteiger partial charge in [0.15, 0.2) is 34.5 Å². The summed E-state index contributed by atoms with van der Waals surface area (Å²) in [6, 6.07) is 96.4. The van der Waals surface area contributed by atoms with Gasteiger partial charge in [-0.25, -0.2) is 9.97 Å². The first-order chi connectivity index (χ1) is 43.6. The summed E-state index contributed by atoms with van der Waals surface area (Å²) >= 11 is 0. The maximum Gasteiger partial charge on any atom is 0.238 e. The molecule has 0 unspecified atom stereocenters. The lowest BCUT2D eigenvalue weighted by Gasteiger charge is -2.12. The van der Waals surface area contributed by atoms with Gasteiger partial charge in [-0.05, 0) is 75.8 Å². The molecule has 0 atom stereocenters. The average Bonchev–Trinajstić information content (AvgIpc) is 1.63. The minimum Gasteiger partial charge on any atom is -0.454 e. The van der Waals surface area contributed by atoms with E-state index in [2.05, 4.69) is 197 Å². The molecule has 0 saturated carbocycles. The Hall–Kier alpha value is -12.1. The molecule has 0 aliphatic heterocycles. The van der Waals surface area contributed by atoms with Crippen molar-refractivity contribution in [3.8, 4) is 90.8 Å². The first-order valence-corrected chi connectivity index (χ1v) is 29.3. The Morgan fingerprint density at radius 2 is 0.636 bits per heavy atom. The van der Waals surface area contributed by atoms with Gasteiger partial charge >= 0.3 is 0 Å². The fourth-order valence-corrected chi connectivity index (χ4v) is 12.9. The highest BCUT2D eigenvalue weighted by atomic mass is 16.3. The van der Waals surface area contributed by atoms with Crippen molar-refractivity contribution in [2.75, 3.05) is 0 Å². The Balaban J connectivity index is 0.789. The molecule has 0 aliphatic rings.